The van der Waals surface area contributed by atoms with E-state index in [1.807, 2.05) is 79.7 Å². The van der Waals surface area contributed by atoms with E-state index in [9.17, 15) is 4.79 Å². The Morgan fingerprint density at radius 3 is 2.62 bits per heavy atom. The zero-order chi connectivity index (χ0) is 23.8. The van der Waals surface area contributed by atoms with Gasteiger partial charge in [-0.05, 0) is 55.5 Å². The van der Waals surface area contributed by atoms with E-state index < -0.39 is 5.91 Å². The lowest BCUT2D eigenvalue weighted by atomic mass is 10.1. The van der Waals surface area contributed by atoms with E-state index in [4.69, 9.17) is 21.1 Å². The second-order valence-electron chi connectivity index (χ2n) is 7.24. The number of hydrazone groups is 1. The van der Waals surface area contributed by atoms with Crippen LogP contribution in [0.5, 0.6) is 11.5 Å². The zero-order valence-electron chi connectivity index (χ0n) is 18.5. The third-order valence-electron chi connectivity index (χ3n) is 4.91. The summed E-state index contributed by atoms with van der Waals surface area (Å²) in [6.45, 7) is 2.83. The lowest BCUT2D eigenvalue weighted by Crippen LogP contribution is -2.18. The average Bonchev–Trinajstić information content (AvgIpc) is 3.36. The number of ether oxygens (including phenoxy) is 2. The number of rotatable bonds is 9. The Labute approximate surface area is 202 Å². The summed E-state index contributed by atoms with van der Waals surface area (Å²) in [4.78, 5) is 12.4. The second kappa shape index (κ2) is 11.2. The molecule has 0 radical (unpaired) electrons. The van der Waals surface area contributed by atoms with Crippen molar-refractivity contribution in [3.8, 4) is 22.8 Å². The molecule has 0 aliphatic heterocycles. The number of amides is 1. The molecule has 0 spiro atoms. The number of aromatic amines is 1. The molecule has 1 amide bonds. The van der Waals surface area contributed by atoms with Gasteiger partial charge < -0.3 is 9.47 Å². The van der Waals surface area contributed by atoms with Crippen molar-refractivity contribution in [2.75, 3.05) is 6.61 Å². The third-order valence-corrected chi connectivity index (χ3v) is 5.28. The number of H-pyrrole nitrogens is 1. The predicted molar refractivity (Wildman–Crippen MR) is 132 cm³/mol. The van der Waals surface area contributed by atoms with Crippen molar-refractivity contribution in [2.45, 2.75) is 13.5 Å². The van der Waals surface area contributed by atoms with Crippen LogP contribution in [0.4, 0.5) is 0 Å². The molecule has 0 fully saturated rings. The molecule has 2 N–H and O–H groups in total. The first kappa shape index (κ1) is 23.1. The number of carbonyl (C=O) groups is 1. The number of hydrogen-bond acceptors (Lipinski definition) is 5. The van der Waals surface area contributed by atoms with E-state index in [1.165, 1.54) is 0 Å². The number of halogens is 1. The summed E-state index contributed by atoms with van der Waals surface area (Å²) >= 11 is 6.17. The van der Waals surface area contributed by atoms with E-state index in [2.05, 4.69) is 20.7 Å². The first-order valence-electron chi connectivity index (χ1n) is 10.7. The number of para-hydroxylation sites is 1. The molecule has 3 aromatic carbocycles. The Kier molecular flexibility index (Phi) is 7.57. The molecule has 0 saturated heterocycles. The highest BCUT2D eigenvalue weighted by molar-refractivity contribution is 6.31. The van der Waals surface area contributed by atoms with Gasteiger partial charge in [0.15, 0.2) is 0 Å². The maximum absolute atomic E-state index is 12.4. The monoisotopic (exact) mass is 474 g/mol. The Bertz CT molecular complexity index is 1290. The Morgan fingerprint density at radius 2 is 1.82 bits per heavy atom. The van der Waals surface area contributed by atoms with Crippen LogP contribution in [0.3, 0.4) is 0 Å². The number of aromatic nitrogens is 2. The fourth-order valence-electron chi connectivity index (χ4n) is 3.18. The van der Waals surface area contributed by atoms with Crippen LogP contribution in [0, 0.1) is 0 Å². The summed E-state index contributed by atoms with van der Waals surface area (Å²) in [7, 11) is 0. The van der Waals surface area contributed by atoms with E-state index in [-0.39, 0.29) is 0 Å². The third kappa shape index (κ3) is 5.82. The highest BCUT2D eigenvalue weighted by atomic mass is 35.5. The minimum absolute atomic E-state index is 0.296. The Hall–Kier alpha value is -4.10. The van der Waals surface area contributed by atoms with Gasteiger partial charge in [-0.2, -0.15) is 10.2 Å². The smallest absolute Gasteiger partial charge is 0.289 e. The quantitative estimate of drug-likeness (QED) is 0.248. The predicted octanol–water partition coefficient (Wildman–Crippen LogP) is 5.47. The van der Waals surface area contributed by atoms with E-state index in [0.717, 1.165) is 16.7 Å². The van der Waals surface area contributed by atoms with Crippen molar-refractivity contribution in [3.63, 3.8) is 0 Å². The minimum atomic E-state index is -0.399. The zero-order valence-corrected chi connectivity index (χ0v) is 19.3. The molecule has 172 valence electrons. The van der Waals surface area contributed by atoms with Crippen LogP contribution in [0.2, 0.25) is 5.02 Å². The van der Waals surface area contributed by atoms with Crippen molar-refractivity contribution >= 4 is 23.7 Å². The van der Waals surface area contributed by atoms with E-state index in [0.29, 0.717) is 41.1 Å². The molecule has 8 heteroatoms. The van der Waals surface area contributed by atoms with Gasteiger partial charge in [0.05, 0.1) is 18.5 Å². The maximum Gasteiger partial charge on any atom is 0.289 e. The fraction of sp³-hybridized carbons (Fsp3) is 0.115. The largest absolute Gasteiger partial charge is 0.493 e. The molecule has 0 saturated carbocycles. The first-order valence-corrected chi connectivity index (χ1v) is 11.1. The van der Waals surface area contributed by atoms with Gasteiger partial charge in [-0.3, -0.25) is 9.89 Å². The van der Waals surface area contributed by atoms with Crippen LogP contribution in [0.1, 0.15) is 28.5 Å². The van der Waals surface area contributed by atoms with Gasteiger partial charge in [0, 0.05) is 21.7 Å². The fourth-order valence-corrected chi connectivity index (χ4v) is 3.37. The number of carbonyl (C=O) groups excluding carboxylic acids is 1. The van der Waals surface area contributed by atoms with Gasteiger partial charge in [-0.15, -0.1) is 0 Å². The Morgan fingerprint density at radius 1 is 1.06 bits per heavy atom. The second-order valence-corrected chi connectivity index (χ2v) is 7.65. The minimum Gasteiger partial charge on any atom is -0.493 e. The SMILES string of the molecule is CCOc1ccccc1/C=N/NC(=O)c1cc(-c2ccc(OCc3ccccc3Cl)cc2)n[nH]1. The molecule has 0 bridgehead atoms. The van der Waals surface area contributed by atoms with Gasteiger partial charge in [0.2, 0.25) is 0 Å². The summed E-state index contributed by atoms with van der Waals surface area (Å²) in [6.07, 6.45) is 1.54. The van der Waals surface area contributed by atoms with E-state index in [1.54, 1.807) is 12.3 Å². The molecular weight excluding hydrogens is 452 g/mol. The summed E-state index contributed by atoms with van der Waals surface area (Å²) in [6, 6.07) is 24.1. The first-order chi connectivity index (χ1) is 16.6. The van der Waals surface area contributed by atoms with E-state index >= 15 is 0 Å². The van der Waals surface area contributed by atoms with Crippen LogP contribution < -0.4 is 14.9 Å². The average molecular weight is 475 g/mol. The number of nitrogens with one attached hydrogen (secondary N) is 2. The molecule has 0 atom stereocenters. The standard InChI is InChI=1S/C26H23ClN4O3/c1-2-33-25-10-6-4-7-19(25)16-28-31-26(32)24-15-23(29-30-24)18-11-13-21(14-12-18)34-17-20-8-3-5-9-22(20)27/h3-16H,2,17H2,1H3,(H,29,30)(H,31,32)/b28-16+. The summed E-state index contributed by atoms with van der Waals surface area (Å²) in [5.41, 5.74) is 5.96. The Balaban J connectivity index is 1.35. The lowest BCUT2D eigenvalue weighted by molar-refractivity contribution is 0.0950. The summed E-state index contributed by atoms with van der Waals surface area (Å²) in [5.74, 6) is 1.01. The van der Waals surface area contributed by atoms with Crippen LogP contribution in [0.15, 0.2) is 84.0 Å². The van der Waals surface area contributed by atoms with Gasteiger partial charge in [0.1, 0.15) is 23.8 Å². The molecular formula is C26H23ClN4O3. The normalized spacial score (nSPS) is 10.9. The van der Waals surface area contributed by atoms with Crippen molar-refractivity contribution in [1.29, 1.82) is 0 Å². The van der Waals surface area contributed by atoms with Crippen LogP contribution in [-0.4, -0.2) is 28.9 Å². The highest BCUT2D eigenvalue weighted by Gasteiger charge is 2.11. The maximum atomic E-state index is 12.4. The molecule has 0 aliphatic rings. The topological polar surface area (TPSA) is 88.6 Å². The summed E-state index contributed by atoms with van der Waals surface area (Å²) < 4.78 is 11.4. The molecule has 0 unspecified atom stereocenters. The molecule has 7 nitrogen and oxygen atoms in total. The van der Waals surface area contributed by atoms with Gasteiger partial charge in [-0.1, -0.05) is 41.9 Å². The van der Waals surface area contributed by atoms with Crippen LogP contribution in [-0.2, 0) is 6.61 Å². The number of nitrogens with zero attached hydrogens (tertiary/aromatic N) is 2. The van der Waals surface area contributed by atoms with Crippen LogP contribution in [0.25, 0.3) is 11.3 Å². The highest BCUT2D eigenvalue weighted by Crippen LogP contribution is 2.23. The van der Waals surface area contributed by atoms with Gasteiger partial charge in [-0.25, -0.2) is 5.43 Å². The van der Waals surface area contributed by atoms with Gasteiger partial charge in [0.25, 0.3) is 5.91 Å². The van der Waals surface area contributed by atoms with Crippen molar-refractivity contribution < 1.29 is 14.3 Å². The van der Waals surface area contributed by atoms with Crippen LogP contribution >= 0.6 is 11.6 Å². The van der Waals surface area contributed by atoms with Crippen molar-refractivity contribution in [1.82, 2.24) is 15.6 Å². The molecule has 1 aromatic heterocycles. The molecule has 1 heterocycles. The molecule has 0 aliphatic carbocycles. The molecule has 4 aromatic rings. The molecule has 4 rings (SSSR count). The summed E-state index contributed by atoms with van der Waals surface area (Å²) in [5, 5.41) is 11.7. The molecule has 34 heavy (non-hydrogen) atoms. The number of hydrogen-bond donors (Lipinski definition) is 2. The number of benzene rings is 3. The van der Waals surface area contributed by atoms with Crippen molar-refractivity contribution in [2.24, 2.45) is 5.10 Å². The van der Waals surface area contributed by atoms with Gasteiger partial charge >= 0.3 is 0 Å². The van der Waals surface area contributed by atoms with Crippen molar-refractivity contribution in [3.05, 3.63) is 101 Å². The lowest BCUT2D eigenvalue weighted by Gasteiger charge is -2.08.